The molecule has 21 heavy (non-hydrogen) atoms. The minimum absolute atomic E-state index is 0.0311. The molecule has 1 aromatic heterocycles. The van der Waals surface area contributed by atoms with Gasteiger partial charge in [0.05, 0.1) is 23.8 Å². The number of hydrogen-bond acceptors (Lipinski definition) is 2. The maximum Gasteiger partial charge on any atom is 0.224 e. The van der Waals surface area contributed by atoms with E-state index in [9.17, 15) is 4.79 Å². The standard InChI is InChI=1S/C17H17N3O/c1-12-2-4-13(5-3-12)9-17(21)18-10-14-6-7-15-16(8-14)20-11-19-15/h2-8,11H,9-10H2,1H3,(H,18,21)(H,19,20). The SMILES string of the molecule is Cc1ccc(CC(=O)NCc2ccc3nc[nH]c3c2)cc1. The summed E-state index contributed by atoms with van der Waals surface area (Å²) < 4.78 is 0. The molecule has 0 spiro atoms. The van der Waals surface area contributed by atoms with Crippen LogP contribution in [0.1, 0.15) is 16.7 Å². The summed E-state index contributed by atoms with van der Waals surface area (Å²) >= 11 is 0. The van der Waals surface area contributed by atoms with Crippen molar-refractivity contribution in [1.82, 2.24) is 15.3 Å². The van der Waals surface area contributed by atoms with E-state index in [1.807, 2.05) is 49.4 Å². The monoisotopic (exact) mass is 279 g/mol. The third-order valence-corrected chi connectivity index (χ3v) is 3.46. The topological polar surface area (TPSA) is 57.8 Å². The summed E-state index contributed by atoms with van der Waals surface area (Å²) in [6.07, 6.45) is 2.08. The van der Waals surface area contributed by atoms with Crippen LogP contribution in [0.2, 0.25) is 0 Å². The summed E-state index contributed by atoms with van der Waals surface area (Å²) in [5, 5.41) is 2.95. The normalized spacial score (nSPS) is 10.7. The van der Waals surface area contributed by atoms with Gasteiger partial charge in [-0.15, -0.1) is 0 Å². The van der Waals surface area contributed by atoms with Crippen LogP contribution in [0.3, 0.4) is 0 Å². The Bertz CT molecular complexity index is 759. The molecule has 0 radical (unpaired) electrons. The number of H-pyrrole nitrogens is 1. The molecular formula is C17H17N3O. The molecule has 3 aromatic rings. The van der Waals surface area contributed by atoms with Crippen molar-refractivity contribution in [2.24, 2.45) is 0 Å². The Kier molecular flexibility index (Phi) is 3.69. The molecule has 0 unspecified atom stereocenters. The van der Waals surface area contributed by atoms with E-state index in [1.165, 1.54) is 5.56 Å². The predicted octanol–water partition coefficient (Wildman–Crippen LogP) is 2.73. The number of nitrogens with one attached hydrogen (secondary N) is 2. The van der Waals surface area contributed by atoms with Gasteiger partial charge in [-0.2, -0.15) is 0 Å². The summed E-state index contributed by atoms with van der Waals surface area (Å²) in [5.41, 5.74) is 5.21. The molecule has 0 atom stereocenters. The van der Waals surface area contributed by atoms with Gasteiger partial charge in [0.2, 0.25) is 5.91 Å². The van der Waals surface area contributed by atoms with Crippen molar-refractivity contribution in [3.05, 3.63) is 65.5 Å². The first-order chi connectivity index (χ1) is 10.2. The van der Waals surface area contributed by atoms with Gasteiger partial charge in [-0.1, -0.05) is 35.9 Å². The van der Waals surface area contributed by atoms with Gasteiger partial charge >= 0.3 is 0 Å². The summed E-state index contributed by atoms with van der Waals surface area (Å²) in [5.74, 6) is 0.0311. The van der Waals surface area contributed by atoms with Crippen LogP contribution in [-0.2, 0) is 17.8 Å². The number of imidazole rings is 1. The average Bonchev–Trinajstić information content (AvgIpc) is 2.95. The van der Waals surface area contributed by atoms with E-state index in [0.29, 0.717) is 13.0 Å². The smallest absolute Gasteiger partial charge is 0.224 e. The molecule has 0 bridgehead atoms. The Morgan fingerprint density at radius 1 is 1.14 bits per heavy atom. The van der Waals surface area contributed by atoms with Crippen LogP contribution in [0, 0.1) is 6.92 Å². The molecule has 2 aromatic carbocycles. The number of hydrogen-bond donors (Lipinski definition) is 2. The maximum atomic E-state index is 12.0. The molecule has 0 saturated carbocycles. The molecule has 1 amide bonds. The molecule has 0 saturated heterocycles. The van der Waals surface area contributed by atoms with Gasteiger partial charge in [-0.25, -0.2) is 4.98 Å². The highest BCUT2D eigenvalue weighted by Crippen LogP contribution is 2.11. The fourth-order valence-electron chi connectivity index (χ4n) is 2.25. The van der Waals surface area contributed by atoms with Crippen molar-refractivity contribution in [1.29, 1.82) is 0 Å². The van der Waals surface area contributed by atoms with E-state index in [1.54, 1.807) is 6.33 Å². The lowest BCUT2D eigenvalue weighted by Gasteiger charge is -2.06. The molecule has 3 rings (SSSR count). The fourth-order valence-corrected chi connectivity index (χ4v) is 2.25. The second-order valence-electron chi connectivity index (χ2n) is 5.19. The van der Waals surface area contributed by atoms with E-state index in [4.69, 9.17) is 0 Å². The highest BCUT2D eigenvalue weighted by Gasteiger charge is 2.04. The number of rotatable bonds is 4. The summed E-state index contributed by atoms with van der Waals surface area (Å²) in [6, 6.07) is 14.0. The van der Waals surface area contributed by atoms with Gasteiger partial charge in [0, 0.05) is 6.54 Å². The largest absolute Gasteiger partial charge is 0.352 e. The Labute approximate surface area is 123 Å². The number of aromatic nitrogens is 2. The zero-order chi connectivity index (χ0) is 14.7. The Balaban J connectivity index is 1.58. The maximum absolute atomic E-state index is 12.0. The molecule has 0 fully saturated rings. The fraction of sp³-hybridized carbons (Fsp3) is 0.176. The predicted molar refractivity (Wildman–Crippen MR) is 82.8 cm³/mol. The first-order valence-electron chi connectivity index (χ1n) is 6.95. The van der Waals surface area contributed by atoms with Crippen LogP contribution in [0.15, 0.2) is 48.8 Å². The van der Waals surface area contributed by atoms with Crippen LogP contribution >= 0.6 is 0 Å². The lowest BCUT2D eigenvalue weighted by Crippen LogP contribution is -2.24. The second-order valence-corrected chi connectivity index (χ2v) is 5.19. The van der Waals surface area contributed by atoms with Crippen molar-refractivity contribution < 1.29 is 4.79 Å². The lowest BCUT2D eigenvalue weighted by atomic mass is 10.1. The number of benzene rings is 2. The minimum Gasteiger partial charge on any atom is -0.352 e. The zero-order valence-electron chi connectivity index (χ0n) is 11.9. The first-order valence-corrected chi connectivity index (χ1v) is 6.95. The quantitative estimate of drug-likeness (QED) is 0.771. The summed E-state index contributed by atoms with van der Waals surface area (Å²) in [6.45, 7) is 2.56. The van der Waals surface area contributed by atoms with E-state index >= 15 is 0 Å². The Morgan fingerprint density at radius 2 is 1.90 bits per heavy atom. The van der Waals surface area contributed by atoms with Crippen LogP contribution in [0.25, 0.3) is 11.0 Å². The Hall–Kier alpha value is -2.62. The van der Waals surface area contributed by atoms with Gasteiger partial charge in [0.15, 0.2) is 0 Å². The average molecular weight is 279 g/mol. The Morgan fingerprint density at radius 3 is 2.71 bits per heavy atom. The van der Waals surface area contributed by atoms with Crippen LogP contribution < -0.4 is 5.32 Å². The number of amides is 1. The molecule has 0 aliphatic rings. The number of aromatic amines is 1. The molecule has 4 nitrogen and oxygen atoms in total. The van der Waals surface area contributed by atoms with Gasteiger partial charge in [0.25, 0.3) is 0 Å². The van der Waals surface area contributed by atoms with Gasteiger partial charge < -0.3 is 10.3 Å². The number of nitrogens with zero attached hydrogens (tertiary/aromatic N) is 1. The van der Waals surface area contributed by atoms with Gasteiger partial charge in [0.1, 0.15) is 0 Å². The highest BCUT2D eigenvalue weighted by molar-refractivity contribution is 5.79. The van der Waals surface area contributed by atoms with Crippen molar-refractivity contribution in [2.75, 3.05) is 0 Å². The summed E-state index contributed by atoms with van der Waals surface area (Å²) in [7, 11) is 0. The van der Waals surface area contributed by atoms with Crippen molar-refractivity contribution >= 4 is 16.9 Å². The minimum atomic E-state index is 0.0311. The summed E-state index contributed by atoms with van der Waals surface area (Å²) in [4.78, 5) is 19.2. The molecule has 106 valence electrons. The molecule has 0 aliphatic carbocycles. The number of carbonyl (C=O) groups excluding carboxylic acids is 1. The first kappa shape index (κ1) is 13.4. The van der Waals surface area contributed by atoms with E-state index in [0.717, 1.165) is 22.2 Å². The van der Waals surface area contributed by atoms with E-state index < -0.39 is 0 Å². The lowest BCUT2D eigenvalue weighted by molar-refractivity contribution is -0.120. The third kappa shape index (κ3) is 3.28. The van der Waals surface area contributed by atoms with Crippen LogP contribution in [-0.4, -0.2) is 15.9 Å². The highest BCUT2D eigenvalue weighted by atomic mass is 16.1. The van der Waals surface area contributed by atoms with Crippen LogP contribution in [0.5, 0.6) is 0 Å². The number of aryl methyl sites for hydroxylation is 1. The molecule has 1 heterocycles. The number of carbonyl (C=O) groups is 1. The van der Waals surface area contributed by atoms with E-state index in [2.05, 4.69) is 15.3 Å². The van der Waals surface area contributed by atoms with Crippen LogP contribution in [0.4, 0.5) is 0 Å². The third-order valence-electron chi connectivity index (χ3n) is 3.46. The molecular weight excluding hydrogens is 262 g/mol. The van der Waals surface area contributed by atoms with Crippen molar-refractivity contribution in [2.45, 2.75) is 19.9 Å². The number of fused-ring (bicyclic) bond motifs is 1. The second kappa shape index (κ2) is 5.79. The van der Waals surface area contributed by atoms with Gasteiger partial charge in [-0.05, 0) is 30.2 Å². The molecule has 0 aliphatic heterocycles. The zero-order valence-corrected chi connectivity index (χ0v) is 11.9. The molecule has 2 N–H and O–H groups in total. The van der Waals surface area contributed by atoms with Crippen molar-refractivity contribution in [3.8, 4) is 0 Å². The van der Waals surface area contributed by atoms with Crippen molar-refractivity contribution in [3.63, 3.8) is 0 Å². The molecule has 4 heteroatoms. The van der Waals surface area contributed by atoms with Gasteiger partial charge in [-0.3, -0.25) is 4.79 Å². The van der Waals surface area contributed by atoms with E-state index in [-0.39, 0.29) is 5.91 Å².